The molecule has 0 bridgehead atoms. The first-order valence-corrected chi connectivity index (χ1v) is 3.13. The molecule has 58 valence electrons. The average molecular weight is 205 g/mol. The van der Waals surface area contributed by atoms with Crippen LogP contribution in [0.3, 0.4) is 0 Å². The van der Waals surface area contributed by atoms with Gasteiger partial charge in [-0.05, 0) is 10.6 Å². The minimum Gasteiger partial charge on any atom is -0.567 e. The molecule has 0 fully saturated rings. The maximum Gasteiger partial charge on any atom is 1.00 e. The third-order valence-electron chi connectivity index (χ3n) is 0.406. The van der Waals surface area contributed by atoms with Crippen LogP contribution in [0.5, 0.6) is 0 Å². The summed E-state index contributed by atoms with van der Waals surface area (Å²) in [6.07, 6.45) is 3.46. The Bertz CT molecular complexity index is 137. The molecular formula is C3H7KN2O4P+. The summed E-state index contributed by atoms with van der Waals surface area (Å²) in [6, 6.07) is 1.83. The van der Waals surface area contributed by atoms with Gasteiger partial charge in [0.2, 0.25) is 0 Å². The van der Waals surface area contributed by atoms with E-state index < -0.39 is 8.25 Å². The molecule has 0 amide bonds. The molecule has 0 aliphatic heterocycles. The van der Waals surface area contributed by atoms with E-state index in [1.165, 1.54) is 0 Å². The SMILES string of the molecule is O.O=[P+]([O-])O.[K+].c1cn[nH]c1. The molecule has 0 spiro atoms. The number of hydrogen-bond donors (Lipinski definition) is 2. The Kier molecular flexibility index (Phi) is 21.7. The molecule has 1 atom stereocenters. The average Bonchev–Trinajstić information content (AvgIpc) is 2.11. The van der Waals surface area contributed by atoms with Gasteiger partial charge in [0.25, 0.3) is 0 Å². The van der Waals surface area contributed by atoms with Gasteiger partial charge in [-0.1, -0.05) is 0 Å². The fourth-order valence-corrected chi connectivity index (χ4v) is 0.215. The monoisotopic (exact) mass is 205 g/mol. The van der Waals surface area contributed by atoms with Gasteiger partial charge in [0.15, 0.2) is 0 Å². The largest absolute Gasteiger partial charge is 1.00 e. The van der Waals surface area contributed by atoms with Crippen molar-refractivity contribution in [2.75, 3.05) is 0 Å². The summed E-state index contributed by atoms with van der Waals surface area (Å²) in [7, 11) is -3.12. The Balaban J connectivity index is -0.000000101. The fraction of sp³-hybridized carbons (Fsp3) is 0. The van der Waals surface area contributed by atoms with Gasteiger partial charge in [-0.25, -0.2) is 0 Å². The first-order chi connectivity index (χ1) is 4.23. The minimum atomic E-state index is -3.12. The van der Waals surface area contributed by atoms with E-state index in [1.807, 2.05) is 6.07 Å². The molecule has 6 nitrogen and oxygen atoms in total. The zero-order chi connectivity index (χ0) is 7.11. The topological polar surface area (TPSA) is 121 Å². The molecule has 0 aliphatic carbocycles. The Hall–Kier alpha value is 0.826. The van der Waals surface area contributed by atoms with E-state index in [0.29, 0.717) is 0 Å². The molecule has 0 saturated carbocycles. The van der Waals surface area contributed by atoms with Gasteiger partial charge in [-0.15, -0.1) is 0 Å². The van der Waals surface area contributed by atoms with Gasteiger partial charge >= 0.3 is 59.6 Å². The second kappa shape index (κ2) is 13.4. The Morgan fingerprint density at radius 1 is 1.64 bits per heavy atom. The molecule has 11 heavy (non-hydrogen) atoms. The maximum atomic E-state index is 8.59. The molecule has 1 aromatic heterocycles. The number of nitrogens with zero attached hydrogens (tertiary/aromatic N) is 1. The smallest absolute Gasteiger partial charge is 0.567 e. The van der Waals surface area contributed by atoms with Crippen molar-refractivity contribution in [1.82, 2.24) is 10.2 Å². The summed E-state index contributed by atoms with van der Waals surface area (Å²) in [5, 5.41) is 6.21. The second-order valence-electron chi connectivity index (χ2n) is 1.00. The van der Waals surface area contributed by atoms with Gasteiger partial charge < -0.3 is 10.4 Å². The van der Waals surface area contributed by atoms with Crippen LogP contribution in [0.25, 0.3) is 0 Å². The molecule has 1 aromatic rings. The third-order valence-corrected chi connectivity index (χ3v) is 0.406. The summed E-state index contributed by atoms with van der Waals surface area (Å²) >= 11 is 0. The van der Waals surface area contributed by atoms with Gasteiger partial charge in [0, 0.05) is 12.4 Å². The van der Waals surface area contributed by atoms with Crippen molar-refractivity contribution >= 4 is 8.25 Å². The summed E-state index contributed by atoms with van der Waals surface area (Å²) in [4.78, 5) is 15.6. The summed E-state index contributed by atoms with van der Waals surface area (Å²) in [6.45, 7) is 0. The van der Waals surface area contributed by atoms with Gasteiger partial charge in [0.05, 0.1) is 0 Å². The van der Waals surface area contributed by atoms with Crippen LogP contribution in [0.1, 0.15) is 0 Å². The van der Waals surface area contributed by atoms with E-state index in [2.05, 4.69) is 10.2 Å². The molecule has 0 aromatic carbocycles. The molecule has 1 unspecified atom stereocenters. The number of nitrogens with one attached hydrogen (secondary N) is 1. The van der Waals surface area contributed by atoms with Crippen molar-refractivity contribution in [2.24, 2.45) is 0 Å². The van der Waals surface area contributed by atoms with Crippen LogP contribution in [0.2, 0.25) is 0 Å². The van der Waals surface area contributed by atoms with Crippen molar-refractivity contribution in [3.63, 3.8) is 0 Å². The predicted molar refractivity (Wildman–Crippen MR) is 32.0 cm³/mol. The Labute approximate surface area is 107 Å². The molecule has 1 heterocycles. The molecule has 0 saturated heterocycles. The van der Waals surface area contributed by atoms with E-state index >= 15 is 0 Å². The fourth-order valence-electron chi connectivity index (χ4n) is 0.215. The first kappa shape index (κ1) is 17.8. The third kappa shape index (κ3) is 24.8. The number of rotatable bonds is 0. The van der Waals surface area contributed by atoms with Crippen molar-refractivity contribution in [3.05, 3.63) is 18.5 Å². The van der Waals surface area contributed by atoms with Gasteiger partial charge in [-0.2, -0.15) is 9.99 Å². The minimum absolute atomic E-state index is 0. The van der Waals surface area contributed by atoms with E-state index in [4.69, 9.17) is 14.4 Å². The van der Waals surface area contributed by atoms with Crippen LogP contribution in [0, 0.1) is 0 Å². The zero-order valence-electron chi connectivity index (χ0n) is 5.89. The zero-order valence-corrected chi connectivity index (χ0v) is 9.91. The number of aromatic nitrogens is 2. The second-order valence-corrected chi connectivity index (χ2v) is 1.48. The predicted octanol–water partition coefficient (Wildman–Crippen LogP) is -4.41. The van der Waals surface area contributed by atoms with Crippen LogP contribution in [0.4, 0.5) is 0 Å². The molecule has 4 N–H and O–H groups in total. The van der Waals surface area contributed by atoms with Crippen molar-refractivity contribution in [3.8, 4) is 0 Å². The van der Waals surface area contributed by atoms with Crippen molar-refractivity contribution in [1.29, 1.82) is 0 Å². The number of H-pyrrole nitrogens is 1. The van der Waals surface area contributed by atoms with Gasteiger partial charge in [-0.3, -0.25) is 5.10 Å². The van der Waals surface area contributed by atoms with Crippen LogP contribution in [-0.4, -0.2) is 20.6 Å². The Morgan fingerprint density at radius 3 is 2.18 bits per heavy atom. The van der Waals surface area contributed by atoms with Crippen molar-refractivity contribution < 1.29 is 71.2 Å². The maximum absolute atomic E-state index is 8.59. The Morgan fingerprint density at radius 2 is 2.09 bits per heavy atom. The van der Waals surface area contributed by atoms with E-state index in [9.17, 15) is 0 Å². The molecule has 8 heteroatoms. The quantitative estimate of drug-likeness (QED) is 0.328. The van der Waals surface area contributed by atoms with Crippen molar-refractivity contribution in [2.45, 2.75) is 0 Å². The standard InChI is InChI=1S/C3H4N2.K.HO3P.H2O/c1-2-4-5-3-1;;1-4(2)3;/h1-3H,(H,4,5);;(H,1,2,3);1H2/q;+1;;. The number of hydrogen-bond acceptors (Lipinski definition) is 3. The van der Waals surface area contributed by atoms with E-state index in [1.54, 1.807) is 12.4 Å². The van der Waals surface area contributed by atoms with Gasteiger partial charge in [0.1, 0.15) is 0 Å². The molecule has 0 aliphatic rings. The van der Waals surface area contributed by atoms with Crippen LogP contribution >= 0.6 is 8.25 Å². The molecule has 0 radical (unpaired) electrons. The summed E-state index contributed by atoms with van der Waals surface area (Å²) < 4.78 is 8.59. The van der Waals surface area contributed by atoms with Crippen LogP contribution in [0.15, 0.2) is 18.5 Å². The van der Waals surface area contributed by atoms with Crippen LogP contribution < -0.4 is 56.3 Å². The molecule has 1 rings (SSSR count). The molecular weight excluding hydrogens is 198 g/mol. The van der Waals surface area contributed by atoms with E-state index in [-0.39, 0.29) is 56.9 Å². The summed E-state index contributed by atoms with van der Waals surface area (Å²) in [5.74, 6) is 0. The normalized spacial score (nSPS) is 7.64. The number of aromatic amines is 1. The first-order valence-electron chi connectivity index (χ1n) is 2.00. The van der Waals surface area contributed by atoms with Crippen LogP contribution in [-0.2, 0) is 4.57 Å². The summed E-state index contributed by atoms with van der Waals surface area (Å²) in [5.41, 5.74) is 0. The van der Waals surface area contributed by atoms with E-state index in [0.717, 1.165) is 0 Å².